The molecule has 0 aliphatic carbocycles. The van der Waals surface area contributed by atoms with Crippen molar-refractivity contribution in [3.05, 3.63) is 6.61 Å². The molecule has 31 heavy (non-hydrogen) atoms. The minimum atomic E-state index is -1.04. The van der Waals surface area contributed by atoms with Crippen molar-refractivity contribution in [1.82, 2.24) is 5.32 Å². The number of carbonyl (C=O) groups excluding carboxylic acids is 4. The average molecular weight is 443 g/mol. The van der Waals surface area contributed by atoms with E-state index in [0.717, 1.165) is 0 Å². The molecule has 0 aromatic heterocycles. The van der Waals surface area contributed by atoms with E-state index in [1.54, 1.807) is 0 Å². The Hall–Kier alpha value is -2.16. The van der Waals surface area contributed by atoms with Gasteiger partial charge >= 0.3 is 17.9 Å². The summed E-state index contributed by atoms with van der Waals surface area (Å²) in [5.41, 5.74) is 0. The molecule has 0 aromatic rings. The summed E-state index contributed by atoms with van der Waals surface area (Å²) in [5, 5.41) is 2.76. The first kappa shape index (κ1) is 26.9. The molecule has 9 nitrogen and oxygen atoms in total. The largest absolute Gasteiger partial charge is 0.463 e. The van der Waals surface area contributed by atoms with Crippen LogP contribution in [-0.4, -0.2) is 54.8 Å². The first-order valence-corrected chi connectivity index (χ1v) is 11.2. The van der Waals surface area contributed by atoms with Gasteiger partial charge in [0.1, 0.15) is 19.3 Å². The van der Waals surface area contributed by atoms with Gasteiger partial charge in [-0.05, 0) is 25.7 Å². The van der Waals surface area contributed by atoms with Crippen LogP contribution in [0.25, 0.3) is 0 Å². The Balaban J connectivity index is 3.08. The predicted molar refractivity (Wildman–Crippen MR) is 111 cm³/mol. The van der Waals surface area contributed by atoms with E-state index >= 15 is 0 Å². The topological polar surface area (TPSA) is 117 Å². The van der Waals surface area contributed by atoms with Gasteiger partial charge < -0.3 is 24.3 Å². The van der Waals surface area contributed by atoms with Crippen LogP contribution >= 0.6 is 0 Å². The quantitative estimate of drug-likeness (QED) is 0.342. The van der Waals surface area contributed by atoms with Crippen LogP contribution in [0.1, 0.15) is 79.1 Å². The molecule has 0 spiro atoms. The van der Waals surface area contributed by atoms with Crippen molar-refractivity contribution in [2.24, 2.45) is 0 Å². The Morgan fingerprint density at radius 1 is 0.774 bits per heavy atom. The van der Waals surface area contributed by atoms with Gasteiger partial charge in [-0.25, -0.2) is 0 Å². The Morgan fingerprint density at radius 3 is 1.84 bits per heavy atom. The Labute approximate surface area is 184 Å². The van der Waals surface area contributed by atoms with Gasteiger partial charge in [0, 0.05) is 25.7 Å². The van der Waals surface area contributed by atoms with Crippen molar-refractivity contribution in [1.29, 1.82) is 0 Å². The van der Waals surface area contributed by atoms with Crippen LogP contribution in [0.5, 0.6) is 0 Å². The third-order valence-corrected chi connectivity index (χ3v) is 4.55. The first-order chi connectivity index (χ1) is 14.9. The molecule has 177 valence electrons. The van der Waals surface area contributed by atoms with Crippen LogP contribution in [-0.2, 0) is 38.1 Å². The summed E-state index contributed by atoms with van der Waals surface area (Å²) in [5.74, 6) is -1.60. The van der Waals surface area contributed by atoms with Crippen LogP contribution in [0.2, 0.25) is 0 Å². The summed E-state index contributed by atoms with van der Waals surface area (Å²) in [6.45, 7) is 8.58. The Bertz CT molecular complexity index is 594. The lowest BCUT2D eigenvalue weighted by Crippen LogP contribution is -2.61. The fourth-order valence-electron chi connectivity index (χ4n) is 3.06. The fraction of sp³-hybridized carbons (Fsp3) is 0.773. The lowest BCUT2D eigenvalue weighted by Gasteiger charge is -2.41. The van der Waals surface area contributed by atoms with E-state index in [-0.39, 0.29) is 38.2 Å². The van der Waals surface area contributed by atoms with Crippen molar-refractivity contribution < 1.29 is 38.1 Å². The minimum absolute atomic E-state index is 0.170. The Morgan fingerprint density at radius 2 is 1.29 bits per heavy atom. The summed E-state index contributed by atoms with van der Waals surface area (Å²) in [4.78, 5) is 48.5. The highest BCUT2D eigenvalue weighted by Crippen LogP contribution is 2.26. The van der Waals surface area contributed by atoms with E-state index < -0.39 is 42.3 Å². The minimum Gasteiger partial charge on any atom is -0.463 e. The van der Waals surface area contributed by atoms with Gasteiger partial charge in [-0.15, -0.1) is 0 Å². The van der Waals surface area contributed by atoms with E-state index in [1.807, 2.05) is 27.7 Å². The Kier molecular flexibility index (Phi) is 12.8. The van der Waals surface area contributed by atoms with Gasteiger partial charge in [0.25, 0.3) is 0 Å². The first-order valence-electron chi connectivity index (χ1n) is 11.2. The van der Waals surface area contributed by atoms with Crippen molar-refractivity contribution in [3.8, 4) is 0 Å². The second-order valence-electron chi connectivity index (χ2n) is 7.50. The molecule has 1 saturated heterocycles. The highest BCUT2D eigenvalue weighted by atomic mass is 16.6. The van der Waals surface area contributed by atoms with Gasteiger partial charge in [-0.1, -0.05) is 27.7 Å². The normalized spacial score (nSPS) is 23.0. The van der Waals surface area contributed by atoms with Crippen molar-refractivity contribution >= 4 is 23.8 Å². The smallest absolute Gasteiger partial charge is 0.306 e. The maximum absolute atomic E-state index is 12.3. The van der Waals surface area contributed by atoms with Crippen molar-refractivity contribution in [2.45, 2.75) is 103 Å². The van der Waals surface area contributed by atoms with Crippen LogP contribution < -0.4 is 5.32 Å². The number of hydrogen-bond acceptors (Lipinski definition) is 8. The summed E-state index contributed by atoms with van der Waals surface area (Å²) in [7, 11) is 0. The molecule has 1 rings (SSSR count). The van der Waals surface area contributed by atoms with Gasteiger partial charge in [0.15, 0.2) is 12.2 Å². The predicted octanol–water partition coefficient (Wildman–Crippen LogP) is 2.60. The summed E-state index contributed by atoms with van der Waals surface area (Å²) in [6.07, 6.45) is 0.432. The van der Waals surface area contributed by atoms with Crippen LogP contribution in [0.15, 0.2) is 0 Å². The molecule has 1 radical (unpaired) electrons. The summed E-state index contributed by atoms with van der Waals surface area (Å²) < 4.78 is 22.1. The number of amides is 1. The van der Waals surface area contributed by atoms with Crippen LogP contribution in [0.3, 0.4) is 0 Å². The zero-order valence-corrected chi connectivity index (χ0v) is 19.0. The van der Waals surface area contributed by atoms with E-state index in [1.165, 1.54) is 6.61 Å². The lowest BCUT2D eigenvalue weighted by atomic mass is 9.97. The van der Waals surface area contributed by atoms with Crippen molar-refractivity contribution in [3.63, 3.8) is 0 Å². The molecule has 9 heteroatoms. The van der Waals surface area contributed by atoms with Gasteiger partial charge in [0.2, 0.25) is 5.91 Å². The molecular weight excluding hydrogens is 406 g/mol. The zero-order chi connectivity index (χ0) is 23.2. The fourth-order valence-corrected chi connectivity index (χ4v) is 3.06. The molecule has 4 atom stereocenters. The molecule has 1 fully saturated rings. The van der Waals surface area contributed by atoms with Gasteiger partial charge in [-0.3, -0.25) is 19.2 Å². The molecule has 0 unspecified atom stereocenters. The molecule has 0 aromatic carbocycles. The summed E-state index contributed by atoms with van der Waals surface area (Å²) >= 11 is 0. The second kappa shape index (κ2) is 14.8. The molecule has 1 aliphatic heterocycles. The molecule has 0 saturated carbocycles. The number of rotatable bonds is 13. The zero-order valence-electron chi connectivity index (χ0n) is 19.0. The molecule has 1 aliphatic rings. The lowest BCUT2D eigenvalue weighted by molar-refractivity contribution is -0.200. The number of carbonyl (C=O) groups is 4. The van der Waals surface area contributed by atoms with Gasteiger partial charge in [0.05, 0.1) is 6.04 Å². The molecular formula is C22H36NO8. The highest BCUT2D eigenvalue weighted by molar-refractivity contribution is 5.76. The maximum Gasteiger partial charge on any atom is 0.306 e. The van der Waals surface area contributed by atoms with Crippen molar-refractivity contribution in [2.75, 3.05) is 6.61 Å². The molecule has 1 amide bonds. The third-order valence-electron chi connectivity index (χ3n) is 4.55. The van der Waals surface area contributed by atoms with Crippen LogP contribution in [0.4, 0.5) is 0 Å². The van der Waals surface area contributed by atoms with Gasteiger partial charge in [-0.2, -0.15) is 0 Å². The van der Waals surface area contributed by atoms with E-state index in [9.17, 15) is 19.2 Å². The third kappa shape index (κ3) is 9.67. The maximum atomic E-state index is 12.3. The number of ether oxygens (including phenoxy) is 4. The van der Waals surface area contributed by atoms with Crippen LogP contribution in [0, 0.1) is 6.61 Å². The monoisotopic (exact) mass is 442 g/mol. The second-order valence-corrected chi connectivity index (χ2v) is 7.50. The standard InChI is InChI=1S/C22H36NO8/c1-5-9-17(24)23-15-13-28-16(14-29-18(25)10-6-2)22(31-20(27)12-8-4)21(15)30-19(26)11-7-3/h13,15-16,21-22H,5-12,14H2,1-4H3,(H,23,24)/t15-,16-,21-,22-/m1/s1. The number of hydrogen-bond donors (Lipinski definition) is 1. The molecule has 1 heterocycles. The molecule has 0 bridgehead atoms. The molecule has 1 N–H and O–H groups in total. The van der Waals surface area contributed by atoms with E-state index in [4.69, 9.17) is 18.9 Å². The van der Waals surface area contributed by atoms with E-state index in [0.29, 0.717) is 25.7 Å². The average Bonchev–Trinajstić information content (AvgIpc) is 2.70. The number of nitrogens with one attached hydrogen (secondary N) is 1. The SMILES string of the molecule is CCCC(=O)N[C@@H]1[CH]O[C@H](COC(=O)CCC)[C@@H](OC(=O)CCC)[C@@H]1OC(=O)CCC. The summed E-state index contributed by atoms with van der Waals surface area (Å²) in [6, 6.07) is -0.804. The number of esters is 3. The van der Waals surface area contributed by atoms with E-state index in [2.05, 4.69) is 5.32 Å². The highest BCUT2D eigenvalue weighted by Gasteiger charge is 2.46.